The van der Waals surface area contributed by atoms with Gasteiger partial charge < -0.3 is 15.0 Å². The first-order chi connectivity index (χ1) is 8.61. The van der Waals surface area contributed by atoms with Crippen LogP contribution < -0.4 is 5.73 Å². The minimum Gasteiger partial charge on any atom is -0.464 e. The van der Waals surface area contributed by atoms with Crippen LogP contribution >= 0.6 is 15.9 Å². The molecule has 1 heterocycles. The van der Waals surface area contributed by atoms with Crippen molar-refractivity contribution in [1.82, 2.24) is 9.55 Å². The monoisotopic (exact) mass is 309 g/mol. The molecule has 5 nitrogen and oxygen atoms in total. The van der Waals surface area contributed by atoms with Gasteiger partial charge in [0.05, 0.1) is 20.0 Å². The second-order valence-corrected chi connectivity index (χ2v) is 4.64. The van der Waals surface area contributed by atoms with Crippen molar-refractivity contribution in [1.29, 1.82) is 0 Å². The molecule has 0 atom stereocenters. The molecule has 0 spiro atoms. The molecular formula is C12H12BrN3O2. The van der Waals surface area contributed by atoms with E-state index in [1.807, 2.05) is 24.3 Å². The van der Waals surface area contributed by atoms with Crippen LogP contribution in [0.2, 0.25) is 0 Å². The number of nitrogens with two attached hydrogens (primary N) is 1. The Balaban J connectivity index is 2.22. The number of nitrogen functional groups attached to an aromatic ring is 1. The lowest BCUT2D eigenvalue weighted by molar-refractivity contribution is 0.0596. The highest BCUT2D eigenvalue weighted by molar-refractivity contribution is 9.10. The van der Waals surface area contributed by atoms with Gasteiger partial charge in [-0.3, -0.25) is 0 Å². The molecule has 0 bridgehead atoms. The molecule has 0 saturated carbocycles. The van der Waals surface area contributed by atoms with Crippen molar-refractivity contribution in [2.45, 2.75) is 6.54 Å². The molecule has 6 heteroatoms. The van der Waals surface area contributed by atoms with E-state index < -0.39 is 5.97 Å². The predicted molar refractivity (Wildman–Crippen MR) is 71.2 cm³/mol. The molecule has 2 N–H and O–H groups in total. The number of ether oxygens (including phenoxy) is 1. The number of hydrogen-bond donors (Lipinski definition) is 1. The Bertz CT molecular complexity index is 563. The van der Waals surface area contributed by atoms with Crippen molar-refractivity contribution < 1.29 is 9.53 Å². The van der Waals surface area contributed by atoms with E-state index in [0.717, 1.165) is 10.0 Å². The Morgan fingerprint density at radius 2 is 2.11 bits per heavy atom. The van der Waals surface area contributed by atoms with Crippen LogP contribution in [0, 0.1) is 0 Å². The van der Waals surface area contributed by atoms with E-state index in [2.05, 4.69) is 25.7 Å². The summed E-state index contributed by atoms with van der Waals surface area (Å²) in [5.74, 6) is -0.216. The summed E-state index contributed by atoms with van der Waals surface area (Å²) in [6.07, 6.45) is 1.53. The van der Waals surface area contributed by atoms with E-state index in [0.29, 0.717) is 12.4 Å². The molecule has 18 heavy (non-hydrogen) atoms. The van der Waals surface area contributed by atoms with E-state index in [9.17, 15) is 4.79 Å². The summed E-state index contributed by atoms with van der Waals surface area (Å²) in [6, 6.07) is 7.84. The third kappa shape index (κ3) is 2.53. The number of rotatable bonds is 3. The third-order valence-electron chi connectivity index (χ3n) is 2.52. The smallest absolute Gasteiger partial charge is 0.360 e. The predicted octanol–water partition coefficient (Wildman–Crippen LogP) is 2.06. The summed E-state index contributed by atoms with van der Waals surface area (Å²) in [5, 5.41) is 0. The first kappa shape index (κ1) is 12.6. The van der Waals surface area contributed by atoms with Crippen LogP contribution in [-0.2, 0) is 11.3 Å². The molecule has 0 fully saturated rings. The normalized spacial score (nSPS) is 10.3. The van der Waals surface area contributed by atoms with E-state index in [4.69, 9.17) is 5.73 Å². The molecule has 0 radical (unpaired) electrons. The first-order valence-electron chi connectivity index (χ1n) is 5.25. The SMILES string of the molecule is COC(=O)c1ncn(Cc2ccc(Br)cc2)c1N. The molecule has 0 aliphatic carbocycles. The van der Waals surface area contributed by atoms with Gasteiger partial charge in [-0.25, -0.2) is 9.78 Å². The van der Waals surface area contributed by atoms with Gasteiger partial charge in [-0.05, 0) is 17.7 Å². The zero-order valence-corrected chi connectivity index (χ0v) is 11.3. The lowest BCUT2D eigenvalue weighted by atomic mass is 10.2. The Labute approximate surface area is 113 Å². The standard InChI is InChI=1S/C12H12BrN3O2/c1-18-12(17)10-11(14)16(7-15-10)6-8-2-4-9(13)5-3-8/h2-5,7H,6,14H2,1H3. The van der Waals surface area contributed by atoms with Gasteiger partial charge >= 0.3 is 5.97 Å². The van der Waals surface area contributed by atoms with Gasteiger partial charge in [-0.1, -0.05) is 28.1 Å². The van der Waals surface area contributed by atoms with Crippen LogP contribution in [0.4, 0.5) is 5.82 Å². The molecule has 94 valence electrons. The number of imidazole rings is 1. The zero-order valence-electron chi connectivity index (χ0n) is 9.76. The summed E-state index contributed by atoms with van der Waals surface area (Å²) in [6.45, 7) is 0.559. The van der Waals surface area contributed by atoms with Crippen LogP contribution in [0.5, 0.6) is 0 Å². The zero-order chi connectivity index (χ0) is 13.1. The molecule has 2 rings (SSSR count). The Morgan fingerprint density at radius 1 is 1.44 bits per heavy atom. The van der Waals surface area contributed by atoms with Crippen LogP contribution in [0.1, 0.15) is 16.1 Å². The summed E-state index contributed by atoms with van der Waals surface area (Å²) >= 11 is 3.37. The van der Waals surface area contributed by atoms with E-state index >= 15 is 0 Å². The number of aromatic nitrogens is 2. The molecule has 0 unspecified atom stereocenters. The Morgan fingerprint density at radius 3 is 2.72 bits per heavy atom. The van der Waals surface area contributed by atoms with Crippen LogP contribution in [0.15, 0.2) is 35.1 Å². The summed E-state index contributed by atoms with van der Waals surface area (Å²) in [5.41, 5.74) is 7.06. The number of methoxy groups -OCH3 is 1. The van der Waals surface area contributed by atoms with Crippen molar-refractivity contribution >= 4 is 27.7 Å². The lowest BCUT2D eigenvalue weighted by Crippen LogP contribution is -2.08. The largest absolute Gasteiger partial charge is 0.464 e. The maximum Gasteiger partial charge on any atom is 0.360 e. The minimum absolute atomic E-state index is 0.148. The summed E-state index contributed by atoms with van der Waals surface area (Å²) in [4.78, 5) is 15.3. The number of esters is 1. The van der Waals surface area contributed by atoms with Gasteiger partial charge in [0.25, 0.3) is 0 Å². The van der Waals surface area contributed by atoms with Crippen molar-refractivity contribution in [2.75, 3.05) is 12.8 Å². The molecule has 0 saturated heterocycles. The molecular weight excluding hydrogens is 298 g/mol. The molecule has 1 aromatic carbocycles. The fourth-order valence-corrected chi connectivity index (χ4v) is 1.82. The average Bonchev–Trinajstić information content (AvgIpc) is 2.73. The quantitative estimate of drug-likeness (QED) is 0.881. The Kier molecular flexibility index (Phi) is 3.66. The fraction of sp³-hybridized carbons (Fsp3) is 0.167. The van der Waals surface area contributed by atoms with Gasteiger partial charge in [-0.15, -0.1) is 0 Å². The van der Waals surface area contributed by atoms with E-state index in [1.165, 1.54) is 13.4 Å². The number of carbonyl (C=O) groups excluding carboxylic acids is 1. The molecule has 2 aromatic rings. The number of nitrogens with zero attached hydrogens (tertiary/aromatic N) is 2. The topological polar surface area (TPSA) is 70.1 Å². The van der Waals surface area contributed by atoms with Crippen LogP contribution in [0.3, 0.4) is 0 Å². The number of anilines is 1. The van der Waals surface area contributed by atoms with Crippen molar-refractivity contribution in [2.24, 2.45) is 0 Å². The van der Waals surface area contributed by atoms with Gasteiger partial charge in [0, 0.05) is 4.47 Å². The van der Waals surface area contributed by atoms with Crippen LogP contribution in [0.25, 0.3) is 0 Å². The molecule has 0 aliphatic heterocycles. The highest BCUT2D eigenvalue weighted by Crippen LogP contribution is 2.15. The van der Waals surface area contributed by atoms with Gasteiger partial charge in [0.15, 0.2) is 5.69 Å². The van der Waals surface area contributed by atoms with Crippen LogP contribution in [-0.4, -0.2) is 22.6 Å². The number of hydrogen-bond acceptors (Lipinski definition) is 4. The van der Waals surface area contributed by atoms with E-state index in [1.54, 1.807) is 4.57 Å². The Hall–Kier alpha value is -1.82. The number of benzene rings is 1. The fourth-order valence-electron chi connectivity index (χ4n) is 1.56. The molecule has 0 aliphatic rings. The van der Waals surface area contributed by atoms with Gasteiger partial charge in [-0.2, -0.15) is 0 Å². The second kappa shape index (κ2) is 5.22. The highest BCUT2D eigenvalue weighted by Gasteiger charge is 2.15. The van der Waals surface area contributed by atoms with Crippen molar-refractivity contribution in [3.63, 3.8) is 0 Å². The average molecular weight is 310 g/mol. The third-order valence-corrected chi connectivity index (χ3v) is 3.05. The first-order valence-corrected chi connectivity index (χ1v) is 6.04. The minimum atomic E-state index is -0.526. The summed E-state index contributed by atoms with van der Waals surface area (Å²) in [7, 11) is 1.30. The molecule has 1 aromatic heterocycles. The van der Waals surface area contributed by atoms with Gasteiger partial charge in [0.1, 0.15) is 5.82 Å². The molecule has 0 amide bonds. The second-order valence-electron chi connectivity index (χ2n) is 3.72. The van der Waals surface area contributed by atoms with Gasteiger partial charge in [0.2, 0.25) is 0 Å². The lowest BCUT2D eigenvalue weighted by Gasteiger charge is -2.05. The van der Waals surface area contributed by atoms with Crippen molar-refractivity contribution in [3.05, 3.63) is 46.3 Å². The highest BCUT2D eigenvalue weighted by atomic mass is 79.9. The number of halogens is 1. The van der Waals surface area contributed by atoms with Crippen molar-refractivity contribution in [3.8, 4) is 0 Å². The maximum absolute atomic E-state index is 11.4. The van der Waals surface area contributed by atoms with E-state index in [-0.39, 0.29) is 5.69 Å². The number of carbonyl (C=O) groups is 1. The maximum atomic E-state index is 11.4. The summed E-state index contributed by atoms with van der Waals surface area (Å²) < 4.78 is 7.31.